The van der Waals surface area contributed by atoms with Gasteiger partial charge in [0, 0.05) is 15.4 Å². The van der Waals surface area contributed by atoms with Crippen molar-refractivity contribution in [3.05, 3.63) is 33.8 Å². The lowest BCUT2D eigenvalue weighted by Gasteiger charge is -2.27. The molecule has 0 unspecified atom stereocenters. The Hall–Kier alpha value is -0.263. The third-order valence-corrected chi connectivity index (χ3v) is 7.33. The van der Waals surface area contributed by atoms with Crippen molar-refractivity contribution < 1.29 is 13.5 Å². The first-order chi connectivity index (χ1) is 8.25. The van der Waals surface area contributed by atoms with Gasteiger partial charge < -0.3 is 4.74 Å². The molecular weight excluding hydrogens is 318 g/mol. The van der Waals surface area contributed by atoms with Crippen molar-refractivity contribution in [1.82, 2.24) is 0 Å². The van der Waals surface area contributed by atoms with Crippen LogP contribution in [-0.4, -0.2) is 15.4 Å². The molecule has 0 amide bonds. The van der Waals surface area contributed by atoms with Gasteiger partial charge in [-0.15, -0.1) is 0 Å². The van der Waals surface area contributed by atoms with E-state index in [0.717, 1.165) is 0 Å². The SMILES string of the molecule is C[SiH](C)C(C)(C)COCc1c(F)ccc(Br)c1F. The number of rotatable bonds is 5. The van der Waals surface area contributed by atoms with Crippen molar-refractivity contribution in [2.24, 2.45) is 0 Å². The molecule has 0 aliphatic heterocycles. The molecule has 0 heterocycles. The average Bonchev–Trinajstić information content (AvgIpc) is 2.28. The molecule has 0 fully saturated rings. The molecule has 1 aromatic carbocycles. The van der Waals surface area contributed by atoms with Gasteiger partial charge in [0.05, 0.1) is 16.6 Å². The standard InChI is InChI=1S/C13H19BrF2OSi/c1-13(2,18(3)4)8-17-7-9-11(15)6-5-10(14)12(9)16/h5-6,18H,7-8H2,1-4H3. The fourth-order valence-electron chi connectivity index (χ4n) is 1.28. The summed E-state index contributed by atoms with van der Waals surface area (Å²) in [6.07, 6.45) is 0. The fourth-order valence-corrected chi connectivity index (χ4v) is 2.11. The molecule has 0 saturated heterocycles. The molecule has 0 N–H and O–H groups in total. The normalized spacial score (nSPS) is 12.2. The van der Waals surface area contributed by atoms with E-state index in [1.54, 1.807) is 0 Å². The summed E-state index contributed by atoms with van der Waals surface area (Å²) in [6.45, 7) is 9.26. The van der Waals surface area contributed by atoms with Crippen LogP contribution < -0.4 is 0 Å². The lowest BCUT2D eigenvalue weighted by molar-refractivity contribution is 0.0962. The third kappa shape index (κ3) is 3.86. The molecule has 5 heteroatoms. The number of halogens is 3. The first kappa shape index (κ1) is 15.8. The highest BCUT2D eigenvalue weighted by atomic mass is 79.9. The summed E-state index contributed by atoms with van der Waals surface area (Å²) in [7, 11) is -0.861. The molecule has 0 bridgehead atoms. The van der Waals surface area contributed by atoms with E-state index < -0.39 is 20.4 Å². The maximum Gasteiger partial charge on any atom is 0.145 e. The highest BCUT2D eigenvalue weighted by molar-refractivity contribution is 9.10. The van der Waals surface area contributed by atoms with E-state index >= 15 is 0 Å². The molecule has 0 spiro atoms. The Labute approximate surface area is 117 Å². The largest absolute Gasteiger partial charge is 0.376 e. The Balaban J connectivity index is 2.68. The van der Waals surface area contributed by atoms with Crippen LogP contribution in [0.15, 0.2) is 16.6 Å². The van der Waals surface area contributed by atoms with Crippen molar-refractivity contribution >= 4 is 24.7 Å². The molecule has 0 aliphatic rings. The van der Waals surface area contributed by atoms with Gasteiger partial charge in [-0.05, 0) is 33.1 Å². The quantitative estimate of drug-likeness (QED) is 0.567. The van der Waals surface area contributed by atoms with Crippen LogP contribution in [-0.2, 0) is 11.3 Å². The highest BCUT2D eigenvalue weighted by Gasteiger charge is 2.24. The van der Waals surface area contributed by atoms with Crippen molar-refractivity contribution in [1.29, 1.82) is 0 Å². The molecule has 102 valence electrons. The lowest BCUT2D eigenvalue weighted by Crippen LogP contribution is -2.26. The summed E-state index contributed by atoms with van der Waals surface area (Å²) >= 11 is 3.04. The summed E-state index contributed by atoms with van der Waals surface area (Å²) in [5.41, 5.74) is -0.00871. The Morgan fingerprint density at radius 3 is 2.44 bits per heavy atom. The minimum absolute atomic E-state index is 0.00871. The zero-order valence-electron chi connectivity index (χ0n) is 11.2. The Morgan fingerprint density at radius 2 is 1.89 bits per heavy atom. The van der Waals surface area contributed by atoms with Gasteiger partial charge in [-0.3, -0.25) is 0 Å². The third-order valence-electron chi connectivity index (χ3n) is 3.42. The molecule has 0 aromatic heterocycles. The maximum absolute atomic E-state index is 13.7. The minimum Gasteiger partial charge on any atom is -0.376 e. The fraction of sp³-hybridized carbons (Fsp3) is 0.538. The second-order valence-corrected chi connectivity index (χ2v) is 10.2. The van der Waals surface area contributed by atoms with E-state index in [4.69, 9.17) is 4.74 Å². The van der Waals surface area contributed by atoms with Crippen LogP contribution >= 0.6 is 15.9 Å². The lowest BCUT2D eigenvalue weighted by atomic mass is 10.2. The second kappa shape index (κ2) is 6.26. The van der Waals surface area contributed by atoms with Gasteiger partial charge in [0.25, 0.3) is 0 Å². The van der Waals surface area contributed by atoms with Crippen LogP contribution in [0.1, 0.15) is 19.4 Å². The molecule has 1 aromatic rings. The van der Waals surface area contributed by atoms with Crippen molar-refractivity contribution in [2.75, 3.05) is 6.61 Å². The predicted molar refractivity (Wildman–Crippen MR) is 76.6 cm³/mol. The van der Waals surface area contributed by atoms with E-state index in [0.29, 0.717) is 6.61 Å². The van der Waals surface area contributed by atoms with Gasteiger partial charge in [-0.25, -0.2) is 8.78 Å². The molecular formula is C13H19BrF2OSi. The molecule has 0 atom stereocenters. The summed E-state index contributed by atoms with van der Waals surface area (Å²) in [4.78, 5) is 0. The monoisotopic (exact) mass is 336 g/mol. The van der Waals surface area contributed by atoms with Crippen LogP contribution in [0.2, 0.25) is 18.1 Å². The average molecular weight is 337 g/mol. The van der Waals surface area contributed by atoms with E-state index in [2.05, 4.69) is 42.9 Å². The van der Waals surface area contributed by atoms with Gasteiger partial charge in [-0.1, -0.05) is 26.9 Å². The van der Waals surface area contributed by atoms with Gasteiger partial charge in [0.15, 0.2) is 0 Å². The van der Waals surface area contributed by atoms with Crippen LogP contribution in [0.4, 0.5) is 8.78 Å². The molecule has 0 radical (unpaired) electrons. The Morgan fingerprint density at radius 1 is 1.28 bits per heavy atom. The van der Waals surface area contributed by atoms with Gasteiger partial charge >= 0.3 is 0 Å². The van der Waals surface area contributed by atoms with Crippen molar-refractivity contribution in [3.63, 3.8) is 0 Å². The predicted octanol–water partition coefficient (Wildman–Crippen LogP) is 4.51. The van der Waals surface area contributed by atoms with Crippen molar-refractivity contribution in [2.45, 2.75) is 38.6 Å². The zero-order chi connectivity index (χ0) is 13.9. The van der Waals surface area contributed by atoms with Crippen molar-refractivity contribution in [3.8, 4) is 0 Å². The van der Waals surface area contributed by atoms with Crippen LogP contribution in [0.5, 0.6) is 0 Å². The first-order valence-corrected chi connectivity index (χ1v) is 9.64. The van der Waals surface area contributed by atoms with Gasteiger partial charge in [0.2, 0.25) is 0 Å². The second-order valence-electron chi connectivity index (χ2n) is 5.46. The number of ether oxygens (including phenoxy) is 1. The molecule has 1 nitrogen and oxygen atoms in total. The number of benzene rings is 1. The zero-order valence-corrected chi connectivity index (χ0v) is 13.9. The smallest absolute Gasteiger partial charge is 0.145 e. The Bertz CT molecular complexity index is 422. The van der Waals surface area contributed by atoms with Crippen LogP contribution in [0.25, 0.3) is 0 Å². The first-order valence-electron chi connectivity index (χ1n) is 5.96. The summed E-state index contributed by atoms with van der Waals surface area (Å²) in [5.74, 6) is -1.13. The van der Waals surface area contributed by atoms with Gasteiger partial charge in [-0.2, -0.15) is 0 Å². The topological polar surface area (TPSA) is 9.23 Å². The van der Waals surface area contributed by atoms with Crippen LogP contribution in [0, 0.1) is 11.6 Å². The number of hydrogen-bond donors (Lipinski definition) is 0. The van der Waals surface area contributed by atoms with E-state index in [1.807, 2.05) is 0 Å². The van der Waals surface area contributed by atoms with E-state index in [9.17, 15) is 8.78 Å². The minimum atomic E-state index is -0.861. The molecule has 1 rings (SSSR count). The summed E-state index contributed by atoms with van der Waals surface area (Å²) in [6, 6.07) is 2.60. The molecule has 0 aliphatic carbocycles. The molecule has 18 heavy (non-hydrogen) atoms. The summed E-state index contributed by atoms with van der Waals surface area (Å²) in [5, 5.41) is 0.124. The maximum atomic E-state index is 13.7. The highest BCUT2D eigenvalue weighted by Crippen LogP contribution is 2.29. The van der Waals surface area contributed by atoms with E-state index in [-0.39, 0.29) is 21.7 Å². The Kier molecular flexibility index (Phi) is 5.49. The summed E-state index contributed by atoms with van der Waals surface area (Å²) < 4.78 is 32.9. The molecule has 0 saturated carbocycles. The van der Waals surface area contributed by atoms with Crippen LogP contribution in [0.3, 0.4) is 0 Å². The van der Waals surface area contributed by atoms with E-state index in [1.165, 1.54) is 12.1 Å². The van der Waals surface area contributed by atoms with Gasteiger partial charge in [0.1, 0.15) is 11.6 Å². The number of hydrogen-bond acceptors (Lipinski definition) is 1.